The first kappa shape index (κ1) is 23.4. The number of carbonyl (C=O) groups excluding carboxylic acids is 3. The highest BCUT2D eigenvalue weighted by Crippen LogP contribution is 2.27. The molecule has 0 aliphatic carbocycles. The van der Waals surface area contributed by atoms with Crippen LogP contribution in [0, 0.1) is 6.92 Å². The lowest BCUT2D eigenvalue weighted by Crippen LogP contribution is -2.43. The largest absolute Gasteiger partial charge is 0.451 e. The van der Waals surface area contributed by atoms with E-state index in [9.17, 15) is 22.8 Å². The van der Waals surface area contributed by atoms with E-state index in [1.807, 2.05) is 6.92 Å². The maximum absolute atomic E-state index is 13.0. The second-order valence-corrected chi connectivity index (χ2v) is 9.49. The molecule has 0 saturated carbocycles. The van der Waals surface area contributed by atoms with Gasteiger partial charge in [-0.25, -0.2) is 8.42 Å². The van der Waals surface area contributed by atoms with Crippen LogP contribution in [0.4, 0.5) is 5.69 Å². The van der Waals surface area contributed by atoms with E-state index in [-0.39, 0.29) is 11.4 Å². The number of esters is 1. The quantitative estimate of drug-likeness (QED) is 0.606. The molecular weight excluding hydrogens is 434 g/mol. The van der Waals surface area contributed by atoms with Gasteiger partial charge in [0.05, 0.1) is 4.90 Å². The number of hydrogen-bond donors (Lipinski definition) is 2. The van der Waals surface area contributed by atoms with E-state index < -0.39 is 40.0 Å². The van der Waals surface area contributed by atoms with Crippen LogP contribution in [0.5, 0.6) is 0 Å². The van der Waals surface area contributed by atoms with Crippen LogP contribution in [0.15, 0.2) is 53.4 Å². The van der Waals surface area contributed by atoms with Gasteiger partial charge in [0.2, 0.25) is 15.9 Å². The molecule has 1 heterocycles. The Bertz CT molecular complexity index is 1110. The molecule has 2 aromatic carbocycles. The third-order valence-electron chi connectivity index (χ3n) is 5.20. The summed E-state index contributed by atoms with van der Waals surface area (Å²) in [5.74, 6) is -1.95. The Balaban J connectivity index is 1.65. The molecule has 3 N–H and O–H groups in total. The van der Waals surface area contributed by atoms with Gasteiger partial charge in [0, 0.05) is 17.8 Å². The number of carbonyl (C=O) groups is 3. The van der Waals surface area contributed by atoms with Gasteiger partial charge in [-0.1, -0.05) is 17.7 Å². The fraction of sp³-hybridized carbons (Fsp3) is 0.318. The molecule has 32 heavy (non-hydrogen) atoms. The maximum atomic E-state index is 13.0. The fourth-order valence-corrected chi connectivity index (χ4v) is 5.02. The van der Waals surface area contributed by atoms with E-state index in [0.29, 0.717) is 24.1 Å². The van der Waals surface area contributed by atoms with Gasteiger partial charge < -0.3 is 15.8 Å². The van der Waals surface area contributed by atoms with Gasteiger partial charge in [-0.05, 0) is 63.1 Å². The highest BCUT2D eigenvalue weighted by Gasteiger charge is 2.41. The van der Waals surface area contributed by atoms with Crippen LogP contribution in [0.25, 0.3) is 0 Å². The number of anilines is 1. The number of ether oxygens (including phenoxy) is 1. The van der Waals surface area contributed by atoms with Crippen molar-refractivity contribution in [3.8, 4) is 0 Å². The predicted molar refractivity (Wildman–Crippen MR) is 117 cm³/mol. The maximum Gasteiger partial charge on any atom is 0.325 e. The standard InChI is InChI=1S/C22H25N3O6S/c1-14-5-11-18(12-6-14)32(29,30)25-13-3-4-19(25)22(28)31-15(2)21(27)24-17-9-7-16(8-10-17)20(23)26/h5-12,15,19H,3-4,13H2,1-2H3,(H2,23,26)(H,24,27)/t15-,19+/m0/s1. The van der Waals surface area contributed by atoms with Crippen LogP contribution < -0.4 is 11.1 Å². The highest BCUT2D eigenvalue weighted by molar-refractivity contribution is 7.89. The summed E-state index contributed by atoms with van der Waals surface area (Å²) in [5, 5.41) is 2.58. The van der Waals surface area contributed by atoms with Crippen LogP contribution in [0.2, 0.25) is 0 Å². The molecule has 0 bridgehead atoms. The lowest BCUT2D eigenvalue weighted by atomic mass is 10.2. The van der Waals surface area contributed by atoms with Crippen molar-refractivity contribution in [2.45, 2.75) is 43.7 Å². The zero-order valence-corrected chi connectivity index (χ0v) is 18.6. The summed E-state index contributed by atoms with van der Waals surface area (Å²) in [4.78, 5) is 36.3. The van der Waals surface area contributed by atoms with Gasteiger partial charge in [0.25, 0.3) is 5.91 Å². The van der Waals surface area contributed by atoms with Gasteiger partial charge in [-0.15, -0.1) is 0 Å². The molecule has 3 rings (SSSR count). The summed E-state index contributed by atoms with van der Waals surface area (Å²) in [5.41, 5.74) is 6.79. The number of sulfonamides is 1. The molecule has 10 heteroatoms. The lowest BCUT2D eigenvalue weighted by Gasteiger charge is -2.24. The van der Waals surface area contributed by atoms with E-state index in [1.54, 1.807) is 12.1 Å². The smallest absolute Gasteiger partial charge is 0.325 e. The van der Waals surface area contributed by atoms with Gasteiger partial charge in [-0.2, -0.15) is 4.31 Å². The molecule has 170 valence electrons. The molecule has 0 unspecified atom stereocenters. The minimum atomic E-state index is -3.87. The van der Waals surface area contributed by atoms with E-state index >= 15 is 0 Å². The third-order valence-corrected chi connectivity index (χ3v) is 7.12. The zero-order chi connectivity index (χ0) is 23.5. The first-order valence-electron chi connectivity index (χ1n) is 10.1. The Kier molecular flexibility index (Phi) is 6.95. The molecule has 0 aromatic heterocycles. The second kappa shape index (κ2) is 9.49. The Hall–Kier alpha value is -3.24. The number of benzene rings is 2. The van der Waals surface area contributed by atoms with E-state index in [4.69, 9.17) is 10.5 Å². The number of primary amides is 1. The summed E-state index contributed by atoms with van der Waals surface area (Å²) in [7, 11) is -3.87. The first-order valence-corrected chi connectivity index (χ1v) is 11.5. The minimum Gasteiger partial charge on any atom is -0.451 e. The van der Waals surface area contributed by atoms with Crippen molar-refractivity contribution in [1.29, 1.82) is 0 Å². The van der Waals surface area contributed by atoms with Crippen molar-refractivity contribution in [3.63, 3.8) is 0 Å². The minimum absolute atomic E-state index is 0.105. The monoisotopic (exact) mass is 459 g/mol. The average Bonchev–Trinajstić information content (AvgIpc) is 3.25. The van der Waals surface area contributed by atoms with E-state index in [0.717, 1.165) is 9.87 Å². The predicted octanol–water partition coefficient (Wildman–Crippen LogP) is 1.82. The normalized spacial score (nSPS) is 17.5. The SMILES string of the molecule is Cc1ccc(S(=O)(=O)N2CCC[C@@H]2C(=O)O[C@@H](C)C(=O)Nc2ccc(C(N)=O)cc2)cc1. The Morgan fingerprint density at radius 2 is 1.72 bits per heavy atom. The molecular formula is C22H25N3O6S. The van der Waals surface area contributed by atoms with Gasteiger partial charge in [0.15, 0.2) is 6.10 Å². The zero-order valence-electron chi connectivity index (χ0n) is 17.8. The molecule has 1 saturated heterocycles. The molecule has 2 atom stereocenters. The topological polar surface area (TPSA) is 136 Å². The number of nitrogens with two attached hydrogens (primary N) is 1. The molecule has 1 aliphatic rings. The summed E-state index contributed by atoms with van der Waals surface area (Å²) >= 11 is 0. The molecule has 1 aliphatic heterocycles. The molecule has 9 nitrogen and oxygen atoms in total. The summed E-state index contributed by atoms with van der Waals surface area (Å²) in [6, 6.07) is 11.3. The fourth-order valence-electron chi connectivity index (χ4n) is 3.38. The summed E-state index contributed by atoms with van der Waals surface area (Å²) in [6.45, 7) is 3.45. The van der Waals surface area contributed by atoms with Crippen LogP contribution >= 0.6 is 0 Å². The van der Waals surface area contributed by atoms with Crippen LogP contribution in [-0.2, 0) is 24.3 Å². The van der Waals surface area contributed by atoms with Crippen molar-refractivity contribution < 1.29 is 27.5 Å². The highest BCUT2D eigenvalue weighted by atomic mass is 32.2. The third kappa shape index (κ3) is 5.14. The summed E-state index contributed by atoms with van der Waals surface area (Å²) < 4.78 is 32.4. The first-order chi connectivity index (χ1) is 15.1. The van der Waals surface area contributed by atoms with Crippen LogP contribution in [0.1, 0.15) is 35.7 Å². The van der Waals surface area contributed by atoms with Gasteiger partial charge in [-0.3, -0.25) is 14.4 Å². The number of amides is 2. The van der Waals surface area contributed by atoms with Crippen molar-refractivity contribution in [2.24, 2.45) is 5.73 Å². The molecule has 2 amide bonds. The molecule has 1 fully saturated rings. The summed E-state index contributed by atoms with van der Waals surface area (Å²) in [6.07, 6.45) is -0.326. The van der Waals surface area contributed by atoms with Crippen molar-refractivity contribution in [2.75, 3.05) is 11.9 Å². The number of rotatable bonds is 7. The Morgan fingerprint density at radius 1 is 1.09 bits per heavy atom. The number of nitrogens with one attached hydrogen (secondary N) is 1. The number of hydrogen-bond acceptors (Lipinski definition) is 6. The number of nitrogens with zero attached hydrogens (tertiary/aromatic N) is 1. The molecule has 0 spiro atoms. The van der Waals surface area contributed by atoms with Crippen molar-refractivity contribution >= 4 is 33.5 Å². The second-order valence-electron chi connectivity index (χ2n) is 7.60. The van der Waals surface area contributed by atoms with Crippen LogP contribution in [0.3, 0.4) is 0 Å². The van der Waals surface area contributed by atoms with Crippen LogP contribution in [-0.4, -0.2) is 49.2 Å². The van der Waals surface area contributed by atoms with Gasteiger partial charge >= 0.3 is 5.97 Å². The average molecular weight is 460 g/mol. The van der Waals surface area contributed by atoms with E-state index in [1.165, 1.54) is 43.3 Å². The molecule has 0 radical (unpaired) electrons. The Morgan fingerprint density at radius 3 is 2.31 bits per heavy atom. The lowest BCUT2D eigenvalue weighted by molar-refractivity contribution is -0.156. The Labute approximate surface area is 186 Å². The van der Waals surface area contributed by atoms with E-state index in [2.05, 4.69) is 5.32 Å². The van der Waals surface area contributed by atoms with Gasteiger partial charge in [0.1, 0.15) is 6.04 Å². The molecule has 2 aromatic rings. The van der Waals surface area contributed by atoms with Crippen molar-refractivity contribution in [1.82, 2.24) is 4.31 Å². The number of aryl methyl sites for hydroxylation is 1. The van der Waals surface area contributed by atoms with Crippen molar-refractivity contribution in [3.05, 3.63) is 59.7 Å².